The van der Waals surface area contributed by atoms with Gasteiger partial charge in [0.1, 0.15) is 11.5 Å². The molecule has 3 amide bonds. The van der Waals surface area contributed by atoms with E-state index in [9.17, 15) is 14.0 Å². The predicted molar refractivity (Wildman–Crippen MR) is 116 cm³/mol. The summed E-state index contributed by atoms with van der Waals surface area (Å²) in [7, 11) is 0. The summed E-state index contributed by atoms with van der Waals surface area (Å²) < 4.78 is 15.3. The first kappa shape index (κ1) is 20.9. The Bertz CT molecular complexity index is 1100. The van der Waals surface area contributed by atoms with Gasteiger partial charge in [0.05, 0.1) is 0 Å². The number of nitrogens with zero attached hydrogens (tertiary/aromatic N) is 4. The molecule has 4 rings (SSSR count). The molecule has 0 atom stereocenters. The fourth-order valence-corrected chi connectivity index (χ4v) is 3.65. The maximum Gasteiger partial charge on any atom is 0.321 e. The van der Waals surface area contributed by atoms with E-state index in [1.165, 1.54) is 10.7 Å². The molecule has 1 fully saturated rings. The molecule has 3 aromatic rings. The second-order valence-corrected chi connectivity index (χ2v) is 7.61. The minimum atomic E-state index is -0.416. The Morgan fingerprint density at radius 1 is 0.968 bits per heavy atom. The van der Waals surface area contributed by atoms with E-state index in [0.717, 1.165) is 0 Å². The smallest absolute Gasteiger partial charge is 0.321 e. The highest BCUT2D eigenvalue weighted by Gasteiger charge is 2.24. The minimum absolute atomic E-state index is 0.236. The van der Waals surface area contributed by atoms with Crippen LogP contribution in [0.15, 0.2) is 60.8 Å². The van der Waals surface area contributed by atoms with E-state index < -0.39 is 5.82 Å². The number of anilines is 1. The van der Waals surface area contributed by atoms with E-state index in [2.05, 4.69) is 10.4 Å². The molecule has 0 aliphatic carbocycles. The standard InChI is InChI=1S/C22H21ClFN5O2/c23-16-5-3-6-17(15-16)25-22(31)28-11-4-10-27(13-14-28)21(30)19-9-12-29(26-19)20-8-2-1-7-18(20)24/h1-3,5-9,12,15H,4,10-11,13-14H2,(H,25,31). The van der Waals surface area contributed by atoms with Gasteiger partial charge in [-0.1, -0.05) is 29.8 Å². The van der Waals surface area contributed by atoms with Crippen LogP contribution in [0.5, 0.6) is 0 Å². The average Bonchev–Trinajstić information content (AvgIpc) is 3.11. The second kappa shape index (κ2) is 9.18. The zero-order valence-electron chi connectivity index (χ0n) is 16.7. The molecule has 9 heteroatoms. The molecule has 0 saturated carbocycles. The molecule has 0 spiro atoms. The molecular weight excluding hydrogens is 421 g/mol. The number of hydrogen-bond donors (Lipinski definition) is 1. The monoisotopic (exact) mass is 441 g/mol. The molecule has 1 aromatic heterocycles. The van der Waals surface area contributed by atoms with Crippen molar-refractivity contribution in [2.45, 2.75) is 6.42 Å². The third-order valence-electron chi connectivity index (χ3n) is 5.05. The van der Waals surface area contributed by atoms with Gasteiger partial charge in [-0.3, -0.25) is 4.79 Å². The summed E-state index contributed by atoms with van der Waals surface area (Å²) in [4.78, 5) is 28.8. The van der Waals surface area contributed by atoms with Crippen molar-refractivity contribution in [3.05, 3.63) is 77.3 Å². The molecular formula is C22H21ClFN5O2. The van der Waals surface area contributed by atoms with Gasteiger partial charge in [-0.25, -0.2) is 13.9 Å². The van der Waals surface area contributed by atoms with Crippen LogP contribution in [0.3, 0.4) is 0 Å². The highest BCUT2D eigenvalue weighted by atomic mass is 35.5. The molecule has 31 heavy (non-hydrogen) atoms. The molecule has 1 aliphatic rings. The Hall–Kier alpha value is -3.39. The van der Waals surface area contributed by atoms with Crippen LogP contribution >= 0.6 is 11.6 Å². The number of carbonyl (C=O) groups excluding carboxylic acids is 2. The van der Waals surface area contributed by atoms with Crippen molar-refractivity contribution in [3.8, 4) is 5.69 Å². The van der Waals surface area contributed by atoms with Gasteiger partial charge in [0.2, 0.25) is 0 Å². The number of amides is 3. The van der Waals surface area contributed by atoms with Crippen LogP contribution in [0.1, 0.15) is 16.9 Å². The van der Waals surface area contributed by atoms with E-state index >= 15 is 0 Å². The van der Waals surface area contributed by atoms with Crippen molar-refractivity contribution in [2.75, 3.05) is 31.5 Å². The molecule has 2 heterocycles. The first-order valence-corrected chi connectivity index (χ1v) is 10.3. The zero-order valence-corrected chi connectivity index (χ0v) is 17.4. The van der Waals surface area contributed by atoms with Crippen LogP contribution in [0.2, 0.25) is 5.02 Å². The lowest BCUT2D eigenvalue weighted by atomic mass is 10.3. The van der Waals surface area contributed by atoms with E-state index in [0.29, 0.717) is 43.3 Å². The van der Waals surface area contributed by atoms with Crippen LogP contribution in [0, 0.1) is 5.82 Å². The molecule has 160 valence electrons. The van der Waals surface area contributed by atoms with Gasteiger partial charge < -0.3 is 15.1 Å². The number of urea groups is 1. The Balaban J connectivity index is 1.39. The zero-order chi connectivity index (χ0) is 21.8. The largest absolute Gasteiger partial charge is 0.335 e. The van der Waals surface area contributed by atoms with Gasteiger partial charge >= 0.3 is 6.03 Å². The lowest BCUT2D eigenvalue weighted by Crippen LogP contribution is -2.39. The maximum atomic E-state index is 14.0. The number of halogens is 2. The summed E-state index contributed by atoms with van der Waals surface area (Å²) in [5, 5.41) is 7.62. The third kappa shape index (κ3) is 4.86. The van der Waals surface area contributed by atoms with Crippen LogP contribution in [-0.4, -0.2) is 57.7 Å². The Labute approximate surface area is 184 Å². The molecule has 0 radical (unpaired) electrons. The van der Waals surface area contributed by atoms with E-state index in [4.69, 9.17) is 11.6 Å². The molecule has 0 unspecified atom stereocenters. The minimum Gasteiger partial charge on any atom is -0.335 e. The summed E-state index contributed by atoms with van der Waals surface area (Å²) >= 11 is 5.96. The maximum absolute atomic E-state index is 14.0. The Morgan fingerprint density at radius 3 is 2.55 bits per heavy atom. The number of carbonyl (C=O) groups is 2. The first-order chi connectivity index (χ1) is 15.0. The van der Waals surface area contributed by atoms with Crippen LogP contribution in [-0.2, 0) is 0 Å². The highest BCUT2D eigenvalue weighted by molar-refractivity contribution is 6.30. The van der Waals surface area contributed by atoms with Crippen molar-refractivity contribution in [1.82, 2.24) is 19.6 Å². The lowest BCUT2D eigenvalue weighted by Gasteiger charge is -2.22. The number of hydrogen-bond acceptors (Lipinski definition) is 3. The van der Waals surface area contributed by atoms with E-state index in [-0.39, 0.29) is 23.3 Å². The van der Waals surface area contributed by atoms with Gasteiger partial charge in [0.15, 0.2) is 5.69 Å². The normalized spacial score (nSPS) is 14.3. The Kier molecular flexibility index (Phi) is 6.18. The topological polar surface area (TPSA) is 70.5 Å². The SMILES string of the molecule is O=C(Nc1cccc(Cl)c1)N1CCCN(C(=O)c2ccn(-c3ccccc3F)n2)CC1. The summed E-state index contributed by atoms with van der Waals surface area (Å²) in [6, 6.07) is 14.5. The fourth-order valence-electron chi connectivity index (χ4n) is 3.46. The number of rotatable bonds is 3. The number of aromatic nitrogens is 2. The van der Waals surface area contributed by atoms with Gasteiger partial charge in [0.25, 0.3) is 5.91 Å². The van der Waals surface area contributed by atoms with Crippen LogP contribution in [0.4, 0.5) is 14.9 Å². The Morgan fingerprint density at radius 2 is 1.74 bits per heavy atom. The van der Waals surface area contributed by atoms with Crippen molar-refractivity contribution in [2.24, 2.45) is 0 Å². The highest BCUT2D eigenvalue weighted by Crippen LogP contribution is 2.17. The summed E-state index contributed by atoms with van der Waals surface area (Å²) in [5.74, 6) is -0.659. The number of benzene rings is 2. The molecule has 1 N–H and O–H groups in total. The van der Waals surface area contributed by atoms with Gasteiger partial charge in [-0.2, -0.15) is 5.10 Å². The van der Waals surface area contributed by atoms with Crippen molar-refractivity contribution in [3.63, 3.8) is 0 Å². The van der Waals surface area contributed by atoms with Crippen molar-refractivity contribution < 1.29 is 14.0 Å². The molecule has 7 nitrogen and oxygen atoms in total. The van der Waals surface area contributed by atoms with Gasteiger partial charge in [-0.05, 0) is 42.8 Å². The number of nitrogens with one attached hydrogen (secondary N) is 1. The van der Waals surface area contributed by atoms with E-state index in [1.807, 2.05) is 0 Å². The molecule has 2 aromatic carbocycles. The van der Waals surface area contributed by atoms with Crippen molar-refractivity contribution in [1.29, 1.82) is 0 Å². The summed E-state index contributed by atoms with van der Waals surface area (Å²) in [6.07, 6.45) is 2.21. The molecule has 1 aliphatic heterocycles. The molecule has 0 bridgehead atoms. The quantitative estimate of drug-likeness (QED) is 0.666. The summed E-state index contributed by atoms with van der Waals surface area (Å²) in [6.45, 7) is 1.81. The van der Waals surface area contributed by atoms with E-state index in [1.54, 1.807) is 64.5 Å². The molecule has 1 saturated heterocycles. The fraction of sp³-hybridized carbons (Fsp3) is 0.227. The number of para-hydroxylation sites is 1. The van der Waals surface area contributed by atoms with Crippen LogP contribution in [0.25, 0.3) is 5.69 Å². The third-order valence-corrected chi connectivity index (χ3v) is 5.29. The first-order valence-electron chi connectivity index (χ1n) is 9.92. The predicted octanol–water partition coefficient (Wildman–Crippen LogP) is 4.04. The second-order valence-electron chi connectivity index (χ2n) is 7.17. The average molecular weight is 442 g/mol. The van der Waals surface area contributed by atoms with Gasteiger partial charge in [-0.15, -0.1) is 0 Å². The van der Waals surface area contributed by atoms with Crippen molar-refractivity contribution >= 4 is 29.2 Å². The summed E-state index contributed by atoms with van der Waals surface area (Å²) in [5.41, 5.74) is 1.13. The van der Waals surface area contributed by atoms with Crippen LogP contribution < -0.4 is 5.32 Å². The van der Waals surface area contributed by atoms with Gasteiger partial charge in [0, 0.05) is 43.1 Å². The lowest BCUT2D eigenvalue weighted by molar-refractivity contribution is 0.0756.